The molecule has 0 aliphatic carbocycles. The van der Waals surface area contributed by atoms with E-state index in [1.165, 1.54) is 10.9 Å². The fraction of sp³-hybridized carbons (Fsp3) is 0.600. The molecule has 2 atom stereocenters. The van der Waals surface area contributed by atoms with Crippen LogP contribution in [-0.4, -0.2) is 21.8 Å². The first-order valence-electron chi connectivity index (χ1n) is 5.24. The number of nitrogens with zero attached hydrogens (tertiary/aromatic N) is 2. The van der Waals surface area contributed by atoms with Crippen LogP contribution in [-0.2, 0) is 11.3 Å². The van der Waals surface area contributed by atoms with Gasteiger partial charge in [0.1, 0.15) is 5.69 Å². The van der Waals surface area contributed by atoms with Crippen LogP contribution in [0.15, 0.2) is 11.1 Å². The minimum atomic E-state index is -0.303. The lowest BCUT2D eigenvalue weighted by molar-refractivity contribution is 0.0450. The summed E-state index contributed by atoms with van der Waals surface area (Å²) in [5.41, 5.74) is 5.21. The van der Waals surface area contributed by atoms with E-state index in [4.69, 9.17) is 22.1 Å². The maximum absolute atomic E-state index is 11.7. The summed E-state index contributed by atoms with van der Waals surface area (Å²) in [5, 5.41) is 0.0574. The van der Waals surface area contributed by atoms with Gasteiger partial charge in [0.2, 0.25) is 0 Å². The molecule has 2 heterocycles. The van der Waals surface area contributed by atoms with Crippen molar-refractivity contribution in [3.63, 3.8) is 0 Å². The quantitative estimate of drug-likeness (QED) is 0.789. The van der Waals surface area contributed by atoms with Gasteiger partial charge in [-0.2, -0.15) is 0 Å². The van der Waals surface area contributed by atoms with Gasteiger partial charge in [-0.05, 0) is 19.8 Å². The van der Waals surface area contributed by atoms with Crippen LogP contribution in [0.2, 0.25) is 5.15 Å². The molecule has 5 nitrogen and oxygen atoms in total. The zero-order chi connectivity index (χ0) is 11.7. The lowest BCUT2D eigenvalue weighted by Gasteiger charge is -2.13. The predicted molar refractivity (Wildman–Crippen MR) is 61.5 cm³/mol. The Morgan fingerprint density at radius 2 is 2.44 bits per heavy atom. The Balaban J connectivity index is 2.16. The van der Waals surface area contributed by atoms with Gasteiger partial charge in [-0.15, -0.1) is 0 Å². The maximum atomic E-state index is 11.7. The van der Waals surface area contributed by atoms with Crippen LogP contribution in [0.5, 0.6) is 0 Å². The highest BCUT2D eigenvalue weighted by Crippen LogP contribution is 2.20. The summed E-state index contributed by atoms with van der Waals surface area (Å²) in [7, 11) is 0. The molecular formula is C10H14ClN3O2. The van der Waals surface area contributed by atoms with Gasteiger partial charge in [0, 0.05) is 0 Å². The Hall–Kier alpha value is -1.07. The smallest absolute Gasteiger partial charge is 0.278 e. The standard InChI is InChI=1S/C10H14ClN3O2/c1-6-2-3-7(16-6)4-14-5-13-9(11)8(12)10(14)15/h5-7H,2-4,12H2,1H3. The van der Waals surface area contributed by atoms with Gasteiger partial charge in [-0.1, -0.05) is 11.6 Å². The van der Waals surface area contributed by atoms with E-state index in [-0.39, 0.29) is 28.6 Å². The number of anilines is 1. The van der Waals surface area contributed by atoms with E-state index in [1.807, 2.05) is 6.92 Å². The van der Waals surface area contributed by atoms with Crippen molar-refractivity contribution in [1.82, 2.24) is 9.55 Å². The Morgan fingerprint density at radius 3 is 3.06 bits per heavy atom. The minimum absolute atomic E-state index is 0.00443. The molecule has 1 aliphatic rings. The number of hydrogen-bond acceptors (Lipinski definition) is 4. The van der Waals surface area contributed by atoms with Crippen LogP contribution >= 0.6 is 11.6 Å². The summed E-state index contributed by atoms with van der Waals surface area (Å²) in [6.45, 7) is 2.51. The Kier molecular flexibility index (Phi) is 3.16. The van der Waals surface area contributed by atoms with E-state index in [0.29, 0.717) is 6.54 Å². The largest absolute Gasteiger partial charge is 0.392 e. The summed E-state index contributed by atoms with van der Waals surface area (Å²) in [6.07, 6.45) is 3.72. The first-order valence-corrected chi connectivity index (χ1v) is 5.61. The summed E-state index contributed by atoms with van der Waals surface area (Å²) < 4.78 is 7.08. The molecule has 16 heavy (non-hydrogen) atoms. The second kappa shape index (κ2) is 4.43. The van der Waals surface area contributed by atoms with Crippen molar-refractivity contribution >= 4 is 17.3 Å². The van der Waals surface area contributed by atoms with Crippen molar-refractivity contribution in [1.29, 1.82) is 0 Å². The van der Waals surface area contributed by atoms with Crippen molar-refractivity contribution in [3.05, 3.63) is 21.8 Å². The first-order chi connectivity index (χ1) is 7.58. The maximum Gasteiger partial charge on any atom is 0.278 e. The minimum Gasteiger partial charge on any atom is -0.392 e. The average molecular weight is 244 g/mol. The van der Waals surface area contributed by atoms with Gasteiger partial charge >= 0.3 is 0 Å². The zero-order valence-corrected chi connectivity index (χ0v) is 9.78. The number of aromatic nitrogens is 2. The fourth-order valence-corrected chi connectivity index (χ4v) is 1.98. The van der Waals surface area contributed by atoms with E-state index in [9.17, 15) is 4.79 Å². The predicted octanol–water partition coefficient (Wildman–Crippen LogP) is 1.05. The summed E-state index contributed by atoms with van der Waals surface area (Å²) in [5.74, 6) is 0. The SMILES string of the molecule is CC1CCC(Cn2cnc(Cl)c(N)c2=O)O1. The second-order valence-electron chi connectivity index (χ2n) is 4.05. The molecule has 0 radical (unpaired) electrons. The third kappa shape index (κ3) is 2.20. The topological polar surface area (TPSA) is 70.1 Å². The first kappa shape index (κ1) is 11.4. The van der Waals surface area contributed by atoms with Crippen LogP contribution in [0.3, 0.4) is 0 Å². The van der Waals surface area contributed by atoms with Gasteiger partial charge < -0.3 is 10.5 Å². The van der Waals surface area contributed by atoms with E-state index in [1.54, 1.807) is 0 Å². The Bertz CT molecular complexity index is 446. The Morgan fingerprint density at radius 1 is 1.69 bits per heavy atom. The van der Waals surface area contributed by atoms with Crippen molar-refractivity contribution in [2.24, 2.45) is 0 Å². The van der Waals surface area contributed by atoms with Gasteiger partial charge in [-0.3, -0.25) is 9.36 Å². The van der Waals surface area contributed by atoms with Crippen LogP contribution in [0, 0.1) is 0 Å². The van der Waals surface area contributed by atoms with Gasteiger partial charge in [-0.25, -0.2) is 4.98 Å². The monoisotopic (exact) mass is 243 g/mol. The van der Waals surface area contributed by atoms with Crippen LogP contribution in [0.25, 0.3) is 0 Å². The lowest BCUT2D eigenvalue weighted by atomic mass is 10.2. The van der Waals surface area contributed by atoms with Crippen LogP contribution in [0.1, 0.15) is 19.8 Å². The third-order valence-electron chi connectivity index (χ3n) is 2.74. The molecule has 2 unspecified atom stereocenters. The van der Waals surface area contributed by atoms with Crippen LogP contribution < -0.4 is 11.3 Å². The number of halogens is 1. The molecule has 1 aromatic rings. The molecule has 1 fully saturated rings. The molecule has 2 rings (SSSR count). The normalized spacial score (nSPS) is 24.9. The van der Waals surface area contributed by atoms with E-state index in [2.05, 4.69) is 4.98 Å². The highest BCUT2D eigenvalue weighted by molar-refractivity contribution is 6.31. The molecule has 0 amide bonds. The van der Waals surface area contributed by atoms with Crippen molar-refractivity contribution in [3.8, 4) is 0 Å². The highest BCUT2D eigenvalue weighted by atomic mass is 35.5. The summed E-state index contributed by atoms with van der Waals surface area (Å²) in [6, 6.07) is 0. The second-order valence-corrected chi connectivity index (χ2v) is 4.41. The number of nitrogen functional groups attached to an aromatic ring is 1. The zero-order valence-electron chi connectivity index (χ0n) is 9.02. The molecule has 0 spiro atoms. The van der Waals surface area contributed by atoms with Crippen molar-refractivity contribution in [2.75, 3.05) is 5.73 Å². The molecule has 0 aromatic carbocycles. The molecule has 1 aliphatic heterocycles. The lowest BCUT2D eigenvalue weighted by Crippen LogP contribution is -2.28. The molecule has 88 valence electrons. The third-order valence-corrected chi connectivity index (χ3v) is 3.05. The molecule has 1 aromatic heterocycles. The summed E-state index contributed by atoms with van der Waals surface area (Å²) in [4.78, 5) is 15.6. The number of ether oxygens (including phenoxy) is 1. The summed E-state index contributed by atoms with van der Waals surface area (Å²) >= 11 is 5.65. The average Bonchev–Trinajstić information content (AvgIpc) is 2.65. The van der Waals surface area contributed by atoms with Gasteiger partial charge in [0.15, 0.2) is 5.15 Å². The highest BCUT2D eigenvalue weighted by Gasteiger charge is 2.22. The Labute approximate surface area is 98.2 Å². The number of rotatable bonds is 2. The van der Waals surface area contributed by atoms with E-state index in [0.717, 1.165) is 12.8 Å². The molecule has 0 saturated carbocycles. The van der Waals surface area contributed by atoms with Gasteiger partial charge in [0.25, 0.3) is 5.56 Å². The van der Waals surface area contributed by atoms with Crippen molar-refractivity contribution in [2.45, 2.75) is 38.5 Å². The molecule has 6 heteroatoms. The van der Waals surface area contributed by atoms with Crippen molar-refractivity contribution < 1.29 is 4.74 Å². The van der Waals surface area contributed by atoms with E-state index >= 15 is 0 Å². The van der Waals surface area contributed by atoms with Gasteiger partial charge in [0.05, 0.1) is 25.1 Å². The van der Waals surface area contributed by atoms with Crippen LogP contribution in [0.4, 0.5) is 5.69 Å². The molecule has 0 bridgehead atoms. The molecule has 2 N–H and O–H groups in total. The molecule has 1 saturated heterocycles. The van der Waals surface area contributed by atoms with E-state index < -0.39 is 0 Å². The number of hydrogen-bond donors (Lipinski definition) is 1. The number of nitrogens with two attached hydrogens (primary N) is 1. The molecular weight excluding hydrogens is 230 g/mol. The fourth-order valence-electron chi connectivity index (χ4n) is 1.85.